The second kappa shape index (κ2) is 12.3. The quantitative estimate of drug-likeness (QED) is 0.274. The van der Waals surface area contributed by atoms with E-state index in [1.165, 1.54) is 58.7 Å². The minimum absolute atomic E-state index is 0.0109. The lowest BCUT2D eigenvalue weighted by molar-refractivity contribution is -0.119. The maximum Gasteiger partial charge on any atom is 0.416 e. The molecule has 2 amide bonds. The van der Waals surface area contributed by atoms with Crippen LogP contribution < -0.4 is 10.2 Å². The number of carbonyl (C=O) groups is 3. The minimum Gasteiger partial charge on any atom is -0.465 e. The zero-order valence-corrected chi connectivity index (χ0v) is 23.4. The van der Waals surface area contributed by atoms with Crippen LogP contribution in [-0.4, -0.2) is 68.6 Å². The first-order chi connectivity index (χ1) is 20.2. The number of anilines is 1. The predicted molar refractivity (Wildman–Crippen MR) is 144 cm³/mol. The van der Waals surface area contributed by atoms with Gasteiger partial charge < -0.3 is 19.2 Å². The molecule has 0 aliphatic heterocycles. The summed E-state index contributed by atoms with van der Waals surface area (Å²) < 4.78 is 55.1. The Morgan fingerprint density at radius 2 is 1.86 bits per heavy atom. The van der Waals surface area contributed by atoms with E-state index < -0.39 is 36.3 Å². The van der Waals surface area contributed by atoms with Gasteiger partial charge in [-0.3, -0.25) is 19.8 Å². The van der Waals surface area contributed by atoms with Gasteiger partial charge in [-0.1, -0.05) is 0 Å². The van der Waals surface area contributed by atoms with Crippen molar-refractivity contribution in [2.24, 2.45) is 0 Å². The Morgan fingerprint density at radius 3 is 2.56 bits per heavy atom. The van der Waals surface area contributed by atoms with Crippen LogP contribution in [-0.2, 0) is 16.0 Å². The molecule has 4 rings (SSSR count). The molecule has 4 aromatic heterocycles. The van der Waals surface area contributed by atoms with E-state index in [1.807, 2.05) is 0 Å². The van der Waals surface area contributed by atoms with Crippen LogP contribution in [0.1, 0.15) is 47.2 Å². The van der Waals surface area contributed by atoms with Gasteiger partial charge in [-0.25, -0.2) is 19.6 Å². The first-order valence-corrected chi connectivity index (χ1v) is 12.6. The molecular formula is C27H26F3N7O6. The summed E-state index contributed by atoms with van der Waals surface area (Å²) in [6.07, 6.45) is 0.624. The number of H-pyrrole nitrogens is 1. The van der Waals surface area contributed by atoms with E-state index in [0.717, 1.165) is 12.3 Å². The molecule has 4 heterocycles. The molecule has 0 unspecified atom stereocenters. The number of alkyl halides is 3. The zero-order valence-electron chi connectivity index (χ0n) is 23.4. The maximum absolute atomic E-state index is 13.3. The third kappa shape index (κ3) is 7.93. The number of halogens is 3. The molecule has 4 aromatic rings. The predicted octanol–water partition coefficient (Wildman–Crippen LogP) is 4.54. The van der Waals surface area contributed by atoms with Crippen molar-refractivity contribution in [3.63, 3.8) is 0 Å². The number of hydrogen-bond acceptors (Lipinski definition) is 10. The number of nitrogens with zero attached hydrogens (tertiary/aromatic N) is 5. The second-order valence-electron chi connectivity index (χ2n) is 10.0. The van der Waals surface area contributed by atoms with Crippen molar-refractivity contribution in [1.82, 2.24) is 30.5 Å². The summed E-state index contributed by atoms with van der Waals surface area (Å²) in [5.41, 5.74) is 0.843. The van der Waals surface area contributed by atoms with Gasteiger partial charge in [0.2, 0.25) is 5.89 Å². The van der Waals surface area contributed by atoms with E-state index >= 15 is 0 Å². The van der Waals surface area contributed by atoms with E-state index in [0.29, 0.717) is 21.7 Å². The lowest BCUT2D eigenvalue weighted by atomic mass is 10.1. The van der Waals surface area contributed by atoms with Crippen LogP contribution in [0, 0.1) is 0 Å². The summed E-state index contributed by atoms with van der Waals surface area (Å²) in [4.78, 5) is 49.7. The molecule has 0 saturated carbocycles. The van der Waals surface area contributed by atoms with Gasteiger partial charge in [0.1, 0.15) is 24.2 Å². The second-order valence-corrected chi connectivity index (χ2v) is 10.0. The average molecular weight is 602 g/mol. The SMILES string of the molecule is COC(=O)c1cncc(-c2[nH]ncc2CNC(=O)c2coc(-c3ccnc(N(CC(F)(F)F)C(=O)OC(C)(C)C)c3)n2)c1. The van der Waals surface area contributed by atoms with E-state index in [2.05, 4.69) is 30.5 Å². The molecule has 43 heavy (non-hydrogen) atoms. The van der Waals surface area contributed by atoms with Crippen molar-refractivity contribution < 1.29 is 41.4 Å². The normalized spacial score (nSPS) is 11.6. The number of hydrogen-bond donors (Lipinski definition) is 2. The monoisotopic (exact) mass is 601 g/mol. The molecule has 0 atom stereocenters. The number of carbonyl (C=O) groups excluding carboxylic acids is 3. The van der Waals surface area contributed by atoms with E-state index in [-0.39, 0.29) is 35.1 Å². The lowest BCUT2D eigenvalue weighted by Gasteiger charge is -2.27. The molecule has 13 nitrogen and oxygen atoms in total. The molecule has 2 N–H and O–H groups in total. The number of amides is 2. The summed E-state index contributed by atoms with van der Waals surface area (Å²) in [6.45, 7) is 2.93. The lowest BCUT2D eigenvalue weighted by Crippen LogP contribution is -2.42. The molecule has 0 bridgehead atoms. The fourth-order valence-corrected chi connectivity index (χ4v) is 3.71. The van der Waals surface area contributed by atoms with Crippen LogP contribution in [0.25, 0.3) is 22.7 Å². The molecule has 0 radical (unpaired) electrons. The van der Waals surface area contributed by atoms with E-state index in [4.69, 9.17) is 13.9 Å². The Morgan fingerprint density at radius 1 is 1.09 bits per heavy atom. The van der Waals surface area contributed by atoms with Gasteiger partial charge >= 0.3 is 18.2 Å². The minimum atomic E-state index is -4.74. The largest absolute Gasteiger partial charge is 0.465 e. The van der Waals surface area contributed by atoms with Crippen LogP contribution in [0.3, 0.4) is 0 Å². The molecule has 0 aliphatic rings. The van der Waals surface area contributed by atoms with Crippen LogP contribution in [0.2, 0.25) is 0 Å². The first kappa shape index (κ1) is 30.7. The smallest absolute Gasteiger partial charge is 0.416 e. The number of aromatic nitrogens is 5. The summed E-state index contributed by atoms with van der Waals surface area (Å²) in [5.74, 6) is -1.64. The molecule has 0 aromatic carbocycles. The summed E-state index contributed by atoms with van der Waals surface area (Å²) in [6, 6.07) is 4.12. The van der Waals surface area contributed by atoms with Gasteiger partial charge in [-0.15, -0.1) is 0 Å². The van der Waals surface area contributed by atoms with Crippen LogP contribution in [0.4, 0.5) is 23.8 Å². The fourth-order valence-electron chi connectivity index (χ4n) is 3.71. The van der Waals surface area contributed by atoms with Crippen LogP contribution >= 0.6 is 0 Å². The highest BCUT2D eigenvalue weighted by Crippen LogP contribution is 2.27. The Bertz CT molecular complexity index is 1630. The van der Waals surface area contributed by atoms with Gasteiger partial charge in [0.25, 0.3) is 5.91 Å². The van der Waals surface area contributed by atoms with Crippen molar-refractivity contribution in [2.75, 3.05) is 18.6 Å². The third-order valence-corrected chi connectivity index (χ3v) is 5.56. The molecule has 0 fully saturated rings. The van der Waals surface area contributed by atoms with Gasteiger partial charge in [0.15, 0.2) is 5.69 Å². The molecule has 226 valence electrons. The standard InChI is InChI=1S/C27H26F3N7O6/c1-26(2,3)43-25(40)37(14-27(28,29)30)20-8-15(5-6-32-20)23-35-19(13-42-23)22(38)33-11-18-12-34-36-21(18)16-7-17(10-31-9-16)24(39)41-4/h5-10,12-13H,11,14H2,1-4H3,(H,33,38)(H,34,36). The van der Waals surface area contributed by atoms with Crippen LogP contribution in [0.15, 0.2) is 53.7 Å². The number of rotatable bonds is 8. The van der Waals surface area contributed by atoms with E-state index in [1.54, 1.807) is 6.07 Å². The van der Waals surface area contributed by atoms with Gasteiger partial charge in [0.05, 0.1) is 24.6 Å². The number of nitrogens with one attached hydrogen (secondary N) is 2. The Labute approximate surface area is 242 Å². The van der Waals surface area contributed by atoms with E-state index in [9.17, 15) is 27.6 Å². The summed E-state index contributed by atoms with van der Waals surface area (Å²) in [5, 5.41) is 9.48. The first-order valence-electron chi connectivity index (χ1n) is 12.6. The topological polar surface area (TPSA) is 165 Å². The van der Waals surface area contributed by atoms with Crippen molar-refractivity contribution in [3.05, 3.63) is 66.1 Å². The Balaban J connectivity index is 1.49. The van der Waals surface area contributed by atoms with Gasteiger partial charge in [-0.05, 0) is 39.0 Å². The van der Waals surface area contributed by atoms with Gasteiger partial charge in [-0.2, -0.15) is 18.3 Å². The summed E-state index contributed by atoms with van der Waals surface area (Å²) >= 11 is 0. The van der Waals surface area contributed by atoms with Gasteiger partial charge in [0, 0.05) is 41.8 Å². The molecule has 0 saturated heterocycles. The molecule has 16 heteroatoms. The highest BCUT2D eigenvalue weighted by molar-refractivity contribution is 5.93. The number of aromatic amines is 1. The van der Waals surface area contributed by atoms with Crippen molar-refractivity contribution >= 4 is 23.8 Å². The average Bonchev–Trinajstić information content (AvgIpc) is 3.63. The van der Waals surface area contributed by atoms with Crippen molar-refractivity contribution in [1.29, 1.82) is 0 Å². The number of oxazole rings is 1. The number of pyridine rings is 2. The molecular weight excluding hydrogens is 575 g/mol. The fraction of sp³-hybridized carbons (Fsp3) is 0.296. The third-order valence-electron chi connectivity index (χ3n) is 5.56. The number of esters is 1. The Kier molecular flexibility index (Phi) is 8.77. The van der Waals surface area contributed by atoms with Crippen LogP contribution in [0.5, 0.6) is 0 Å². The molecule has 0 spiro atoms. The number of ether oxygens (including phenoxy) is 2. The summed E-state index contributed by atoms with van der Waals surface area (Å²) in [7, 11) is 1.25. The van der Waals surface area contributed by atoms with Crippen molar-refractivity contribution in [2.45, 2.75) is 39.1 Å². The highest BCUT2D eigenvalue weighted by Gasteiger charge is 2.36. The zero-order chi connectivity index (χ0) is 31.4. The highest BCUT2D eigenvalue weighted by atomic mass is 19.4. The Hall–Kier alpha value is -5.28. The van der Waals surface area contributed by atoms with Crippen molar-refractivity contribution in [3.8, 4) is 22.7 Å². The maximum atomic E-state index is 13.3. The number of methoxy groups -OCH3 is 1. The molecule has 0 aliphatic carbocycles.